The molecule has 7 nitrogen and oxygen atoms in total. The van der Waals surface area contributed by atoms with Gasteiger partial charge < -0.3 is 29.5 Å². The maximum atomic E-state index is 14.7. The Balaban J connectivity index is 1.36. The summed E-state index contributed by atoms with van der Waals surface area (Å²) in [6.07, 6.45) is 0.0158. The maximum Gasteiger partial charge on any atom is 0.224 e. The summed E-state index contributed by atoms with van der Waals surface area (Å²) in [4.78, 5) is 13.6. The third kappa shape index (κ3) is 5.95. The number of nitrogens with one attached hydrogen (secondary N) is 1. The van der Waals surface area contributed by atoms with Crippen molar-refractivity contribution in [1.29, 1.82) is 0 Å². The number of ether oxygens (including phenoxy) is 3. The fraction of sp³-hybridized carbons (Fsp3) is 0.345. The minimum Gasteiger partial charge on any atom is -0.497 e. The van der Waals surface area contributed by atoms with Crippen LogP contribution >= 0.6 is 11.6 Å². The number of nitrogens with zero attached hydrogens (tertiary/aromatic N) is 1. The zero-order valence-electron chi connectivity index (χ0n) is 21.4. The lowest BCUT2D eigenvalue weighted by Crippen LogP contribution is -2.59. The molecule has 3 aromatic carbocycles. The van der Waals surface area contributed by atoms with E-state index in [9.17, 15) is 18.7 Å². The number of rotatable bonds is 8. The number of amides is 1. The smallest absolute Gasteiger partial charge is 0.224 e. The molecule has 1 fully saturated rings. The Hall–Kier alpha value is -3.40. The van der Waals surface area contributed by atoms with Crippen LogP contribution in [0.3, 0.4) is 0 Å². The predicted octanol–water partition coefficient (Wildman–Crippen LogP) is 5.12. The Labute approximate surface area is 230 Å². The molecule has 0 saturated carbocycles. The lowest BCUT2D eigenvalue weighted by Gasteiger charge is -2.45. The van der Waals surface area contributed by atoms with Gasteiger partial charge in [0.15, 0.2) is 0 Å². The third-order valence-corrected chi connectivity index (χ3v) is 7.46. The van der Waals surface area contributed by atoms with Gasteiger partial charge in [-0.1, -0.05) is 23.7 Å². The summed E-state index contributed by atoms with van der Waals surface area (Å²) in [6, 6.07) is 14.6. The van der Waals surface area contributed by atoms with E-state index in [1.165, 1.54) is 18.2 Å². The van der Waals surface area contributed by atoms with Gasteiger partial charge in [-0.3, -0.25) is 4.79 Å². The van der Waals surface area contributed by atoms with Gasteiger partial charge in [-0.15, -0.1) is 0 Å². The molecule has 1 amide bonds. The first-order chi connectivity index (χ1) is 18.8. The summed E-state index contributed by atoms with van der Waals surface area (Å²) in [6.45, 7) is 0.611. The summed E-state index contributed by atoms with van der Waals surface area (Å²) >= 11 is 5.94. The Morgan fingerprint density at radius 2 is 1.90 bits per heavy atom. The molecule has 0 unspecified atom stereocenters. The van der Waals surface area contributed by atoms with Crippen molar-refractivity contribution in [1.82, 2.24) is 0 Å². The van der Waals surface area contributed by atoms with Crippen molar-refractivity contribution in [3.8, 4) is 11.5 Å². The molecule has 3 aromatic rings. The number of carbonyl (C=O) groups excluding carboxylic acids is 1. The molecule has 0 radical (unpaired) electrons. The highest BCUT2D eigenvalue weighted by Crippen LogP contribution is 2.36. The predicted molar refractivity (Wildman–Crippen MR) is 144 cm³/mol. The summed E-state index contributed by atoms with van der Waals surface area (Å²) < 4.78 is 46.6. The molecule has 206 valence electrons. The lowest BCUT2D eigenvalue weighted by molar-refractivity contribution is -0.140. The van der Waals surface area contributed by atoms with Crippen LogP contribution in [0.1, 0.15) is 24.0 Å². The fourth-order valence-electron chi connectivity index (χ4n) is 4.96. The van der Waals surface area contributed by atoms with Crippen LogP contribution in [0, 0.1) is 11.6 Å². The fourth-order valence-corrected chi connectivity index (χ4v) is 5.12. The molecule has 0 aromatic heterocycles. The summed E-state index contributed by atoms with van der Waals surface area (Å²) in [5.74, 6) is -0.156. The number of fused-ring (bicyclic) bond motifs is 1. The number of halogens is 3. The van der Waals surface area contributed by atoms with Crippen molar-refractivity contribution in [2.45, 2.75) is 37.6 Å². The summed E-state index contributed by atoms with van der Waals surface area (Å²) in [5, 5.41) is 14.6. The molecule has 0 bridgehead atoms. The second-order valence-electron chi connectivity index (χ2n) is 9.78. The van der Waals surface area contributed by atoms with Crippen molar-refractivity contribution >= 4 is 28.9 Å². The van der Waals surface area contributed by atoms with Crippen LogP contribution in [-0.4, -0.2) is 49.5 Å². The highest BCUT2D eigenvalue weighted by Gasteiger charge is 2.44. The van der Waals surface area contributed by atoms with Crippen molar-refractivity contribution in [2.75, 3.05) is 37.0 Å². The number of carbonyl (C=O) groups is 1. The Morgan fingerprint density at radius 3 is 2.64 bits per heavy atom. The Kier molecular flexibility index (Phi) is 7.93. The van der Waals surface area contributed by atoms with Crippen molar-refractivity contribution < 1.29 is 32.9 Å². The molecule has 2 atom stereocenters. The maximum absolute atomic E-state index is 14.7. The molecule has 2 aliphatic heterocycles. The molecule has 1 saturated heterocycles. The number of hydrogen-bond donors (Lipinski definition) is 2. The highest BCUT2D eigenvalue weighted by molar-refractivity contribution is 6.30. The molecule has 0 spiro atoms. The van der Waals surface area contributed by atoms with Gasteiger partial charge in [-0.25, -0.2) is 8.78 Å². The number of methoxy groups -OCH3 is 1. The second-order valence-corrected chi connectivity index (χ2v) is 10.2. The van der Waals surface area contributed by atoms with E-state index in [1.807, 2.05) is 29.2 Å². The zero-order chi connectivity index (χ0) is 27.6. The quantitative estimate of drug-likeness (QED) is 0.400. The monoisotopic (exact) mass is 558 g/mol. The third-order valence-electron chi connectivity index (χ3n) is 7.22. The Bertz CT molecular complexity index is 1360. The van der Waals surface area contributed by atoms with Crippen LogP contribution in [0.25, 0.3) is 0 Å². The number of anilines is 2. The highest BCUT2D eigenvalue weighted by atomic mass is 35.5. The minimum absolute atomic E-state index is 0.107. The lowest BCUT2D eigenvalue weighted by atomic mass is 9.88. The molecule has 2 N–H and O–H groups in total. The van der Waals surface area contributed by atoms with Crippen LogP contribution in [0.5, 0.6) is 11.5 Å². The minimum atomic E-state index is -1.43. The van der Waals surface area contributed by atoms with Gasteiger partial charge in [0, 0.05) is 30.1 Å². The molecular weight excluding hydrogens is 530 g/mol. The van der Waals surface area contributed by atoms with Crippen molar-refractivity contribution in [3.63, 3.8) is 0 Å². The van der Waals surface area contributed by atoms with Gasteiger partial charge in [0.2, 0.25) is 5.91 Å². The second kappa shape index (κ2) is 11.4. The van der Waals surface area contributed by atoms with Gasteiger partial charge in [0.25, 0.3) is 0 Å². The first-order valence-electron chi connectivity index (χ1n) is 12.7. The number of benzene rings is 3. The van der Waals surface area contributed by atoms with Crippen LogP contribution in [0.15, 0.2) is 54.6 Å². The van der Waals surface area contributed by atoms with Gasteiger partial charge >= 0.3 is 0 Å². The van der Waals surface area contributed by atoms with Crippen LogP contribution in [-0.2, 0) is 22.6 Å². The van der Waals surface area contributed by atoms with E-state index in [0.717, 1.165) is 5.56 Å². The summed E-state index contributed by atoms with van der Waals surface area (Å²) in [5.41, 5.74) is 0.469. The molecule has 10 heteroatoms. The number of aliphatic hydroxyl groups is 1. The first-order valence-corrected chi connectivity index (χ1v) is 13.0. The standard InChI is InChI=1S/C29H29ClF2N2O5/c1-37-20-5-2-18(3-6-20)16-38-26-15-34(24-9-4-19(30)14-23(24)32)13-12-29(26,36)17-39-25-10-8-22(31)28-21(25)7-11-27(35)33-28/h2-6,8-10,14,26,36H,7,11-13,15-17H2,1H3,(H,33,35)/t26-,29+/m0/s1. The van der Waals surface area contributed by atoms with E-state index in [4.69, 9.17) is 25.8 Å². The van der Waals surface area contributed by atoms with E-state index in [1.54, 1.807) is 19.2 Å². The normalized spacial score (nSPS) is 20.8. The average Bonchev–Trinajstić information content (AvgIpc) is 2.93. The topological polar surface area (TPSA) is 80.3 Å². The molecular formula is C29H29ClF2N2O5. The van der Waals surface area contributed by atoms with E-state index in [0.29, 0.717) is 40.7 Å². The first kappa shape index (κ1) is 27.2. The van der Waals surface area contributed by atoms with Crippen LogP contribution in [0.4, 0.5) is 20.2 Å². The SMILES string of the molecule is COc1ccc(CO[C@H]2CN(c3ccc(Cl)cc3F)CC[C@@]2(O)COc2ccc(F)c3c2CCC(=O)N3)cc1. The van der Waals surface area contributed by atoms with Gasteiger partial charge in [-0.05, 0) is 60.9 Å². The van der Waals surface area contributed by atoms with Gasteiger partial charge in [0.1, 0.15) is 41.4 Å². The van der Waals surface area contributed by atoms with E-state index >= 15 is 0 Å². The van der Waals surface area contributed by atoms with Crippen LogP contribution in [0.2, 0.25) is 5.02 Å². The van der Waals surface area contributed by atoms with Crippen LogP contribution < -0.4 is 19.7 Å². The number of piperidine rings is 1. The molecule has 5 rings (SSSR count). The van der Waals surface area contributed by atoms with E-state index in [-0.39, 0.29) is 44.2 Å². The van der Waals surface area contributed by atoms with Gasteiger partial charge in [-0.2, -0.15) is 0 Å². The zero-order valence-corrected chi connectivity index (χ0v) is 22.1. The van der Waals surface area contributed by atoms with E-state index < -0.39 is 23.3 Å². The Morgan fingerprint density at radius 1 is 1.10 bits per heavy atom. The number of hydrogen-bond acceptors (Lipinski definition) is 6. The molecule has 0 aliphatic carbocycles. The molecule has 39 heavy (non-hydrogen) atoms. The molecule has 2 heterocycles. The van der Waals surface area contributed by atoms with Crippen molar-refractivity contribution in [3.05, 3.63) is 82.4 Å². The molecule has 2 aliphatic rings. The van der Waals surface area contributed by atoms with Crippen molar-refractivity contribution in [2.24, 2.45) is 0 Å². The van der Waals surface area contributed by atoms with E-state index in [2.05, 4.69) is 5.32 Å². The largest absolute Gasteiger partial charge is 0.497 e. The average molecular weight is 559 g/mol. The summed E-state index contributed by atoms with van der Waals surface area (Å²) in [7, 11) is 1.59. The van der Waals surface area contributed by atoms with Gasteiger partial charge in [0.05, 0.1) is 25.1 Å².